The van der Waals surface area contributed by atoms with Gasteiger partial charge in [-0.15, -0.1) is 11.3 Å². The van der Waals surface area contributed by atoms with Gasteiger partial charge in [0.05, 0.1) is 17.6 Å². The van der Waals surface area contributed by atoms with E-state index in [4.69, 9.17) is 0 Å². The Morgan fingerprint density at radius 2 is 2.09 bits per heavy atom. The molecule has 0 bridgehead atoms. The molecule has 3 N–H and O–H groups in total. The number of nitrogens with zero attached hydrogens (tertiary/aromatic N) is 1. The smallest absolute Gasteiger partial charge is 0.324 e. The zero-order valence-corrected chi connectivity index (χ0v) is 14.0. The minimum Gasteiger partial charge on any atom is -0.326 e. The van der Waals surface area contributed by atoms with Crippen LogP contribution < -0.4 is 16.0 Å². The van der Waals surface area contributed by atoms with Crippen molar-refractivity contribution in [3.63, 3.8) is 0 Å². The topological polar surface area (TPSA) is 83.1 Å². The molecule has 2 heterocycles. The molecule has 1 aliphatic heterocycles. The lowest BCUT2D eigenvalue weighted by Gasteiger charge is -2.18. The number of rotatable bonds is 2. The molecule has 3 amide bonds. The minimum absolute atomic E-state index is 0.0268. The van der Waals surface area contributed by atoms with Crippen molar-refractivity contribution in [2.75, 3.05) is 16.0 Å². The van der Waals surface area contributed by atoms with Crippen LogP contribution in [0, 0.1) is 0 Å². The lowest BCUT2D eigenvalue weighted by atomic mass is 9.92. The van der Waals surface area contributed by atoms with E-state index in [2.05, 4.69) is 41.7 Å². The highest BCUT2D eigenvalue weighted by atomic mass is 32.1. The summed E-state index contributed by atoms with van der Waals surface area (Å²) in [4.78, 5) is 27.9. The van der Waals surface area contributed by atoms with Crippen LogP contribution in [0.25, 0.3) is 0 Å². The van der Waals surface area contributed by atoms with Gasteiger partial charge in [-0.3, -0.25) is 10.1 Å². The number of fused-ring (bicyclic) bond motifs is 1. The summed E-state index contributed by atoms with van der Waals surface area (Å²) in [7, 11) is 0. The average molecular weight is 330 g/mol. The molecule has 0 unspecified atom stereocenters. The summed E-state index contributed by atoms with van der Waals surface area (Å²) in [6.07, 6.45) is 0.343. The van der Waals surface area contributed by atoms with E-state index >= 15 is 0 Å². The molecule has 0 saturated heterocycles. The normalized spacial score (nSPS) is 13.4. The van der Waals surface area contributed by atoms with Crippen molar-refractivity contribution >= 4 is 39.7 Å². The van der Waals surface area contributed by atoms with E-state index in [1.54, 1.807) is 17.6 Å². The fourth-order valence-corrected chi connectivity index (χ4v) is 3.33. The first-order valence-corrected chi connectivity index (χ1v) is 8.15. The van der Waals surface area contributed by atoms with Crippen LogP contribution in [0.1, 0.15) is 32.0 Å². The number of anilines is 3. The van der Waals surface area contributed by atoms with Gasteiger partial charge in [0, 0.05) is 16.8 Å². The molecular formula is C16H18N4O2S. The second kappa shape index (κ2) is 5.66. The van der Waals surface area contributed by atoms with Gasteiger partial charge in [0.25, 0.3) is 0 Å². The maximum absolute atomic E-state index is 12.2. The number of carbonyl (C=O) groups is 2. The van der Waals surface area contributed by atoms with Crippen molar-refractivity contribution in [2.45, 2.75) is 32.6 Å². The first-order valence-electron chi connectivity index (χ1n) is 7.28. The van der Waals surface area contributed by atoms with Crippen molar-refractivity contribution in [2.24, 2.45) is 0 Å². The Bertz CT molecular complexity index is 777. The van der Waals surface area contributed by atoms with E-state index in [0.717, 1.165) is 21.9 Å². The summed E-state index contributed by atoms with van der Waals surface area (Å²) in [6.45, 7) is 6.15. The fraction of sp³-hybridized carbons (Fsp3) is 0.312. The highest BCUT2D eigenvalue weighted by Crippen LogP contribution is 2.31. The molecule has 1 aromatic carbocycles. The number of aromatic nitrogens is 1. The lowest BCUT2D eigenvalue weighted by Crippen LogP contribution is -2.22. The second-order valence-corrected chi connectivity index (χ2v) is 7.31. The standard InChI is InChI=1S/C16H18N4O2S/c1-16(2,3)13-14(23-8-17-13)20-15(22)18-10-4-5-11-9(6-10)7-12(21)19-11/h4-6,8H,7H2,1-3H3,(H,19,21)(H2,18,20,22). The molecule has 120 valence electrons. The van der Waals surface area contributed by atoms with Crippen LogP contribution in [0.15, 0.2) is 23.7 Å². The lowest BCUT2D eigenvalue weighted by molar-refractivity contribution is -0.115. The third kappa shape index (κ3) is 3.34. The predicted octanol–water partition coefficient (Wildman–Crippen LogP) is 3.58. The van der Waals surface area contributed by atoms with Gasteiger partial charge < -0.3 is 10.6 Å². The monoisotopic (exact) mass is 330 g/mol. The van der Waals surface area contributed by atoms with Gasteiger partial charge in [-0.2, -0.15) is 0 Å². The van der Waals surface area contributed by atoms with E-state index in [1.165, 1.54) is 11.3 Å². The summed E-state index contributed by atoms with van der Waals surface area (Å²) in [5.74, 6) is -0.0268. The van der Waals surface area contributed by atoms with Gasteiger partial charge in [0.2, 0.25) is 5.91 Å². The SMILES string of the molecule is CC(C)(C)c1ncsc1NC(=O)Nc1ccc2c(c1)CC(=O)N2. The Kier molecular flexibility index (Phi) is 3.81. The molecule has 0 spiro atoms. The van der Waals surface area contributed by atoms with Gasteiger partial charge in [-0.05, 0) is 23.8 Å². The summed E-state index contributed by atoms with van der Waals surface area (Å²) >= 11 is 1.40. The number of nitrogens with one attached hydrogen (secondary N) is 3. The molecule has 7 heteroatoms. The van der Waals surface area contributed by atoms with E-state index in [-0.39, 0.29) is 17.4 Å². The van der Waals surface area contributed by atoms with E-state index in [1.807, 2.05) is 6.07 Å². The Balaban J connectivity index is 1.70. The number of amides is 3. The molecule has 3 rings (SSSR count). The van der Waals surface area contributed by atoms with Gasteiger partial charge >= 0.3 is 6.03 Å². The minimum atomic E-state index is -0.322. The zero-order valence-electron chi connectivity index (χ0n) is 13.2. The molecular weight excluding hydrogens is 312 g/mol. The zero-order chi connectivity index (χ0) is 16.6. The maximum atomic E-state index is 12.2. The number of urea groups is 1. The van der Waals surface area contributed by atoms with Crippen molar-refractivity contribution in [3.8, 4) is 0 Å². The van der Waals surface area contributed by atoms with Crippen LogP contribution in [0.3, 0.4) is 0 Å². The molecule has 0 radical (unpaired) electrons. The van der Waals surface area contributed by atoms with E-state index in [9.17, 15) is 9.59 Å². The Hall–Kier alpha value is -2.41. The van der Waals surface area contributed by atoms with Crippen LogP contribution in [-0.4, -0.2) is 16.9 Å². The largest absolute Gasteiger partial charge is 0.326 e. The number of benzene rings is 1. The van der Waals surface area contributed by atoms with Crippen LogP contribution in [0.5, 0.6) is 0 Å². The quantitative estimate of drug-likeness (QED) is 0.787. The molecule has 23 heavy (non-hydrogen) atoms. The average Bonchev–Trinajstić information content (AvgIpc) is 3.02. The first-order chi connectivity index (χ1) is 10.8. The number of thiazole rings is 1. The van der Waals surface area contributed by atoms with Gasteiger partial charge in [-0.25, -0.2) is 9.78 Å². The molecule has 1 aliphatic rings. The fourth-order valence-electron chi connectivity index (χ4n) is 2.44. The van der Waals surface area contributed by atoms with Gasteiger partial charge in [0.15, 0.2) is 0 Å². The third-order valence-electron chi connectivity index (χ3n) is 3.49. The molecule has 0 aliphatic carbocycles. The highest BCUT2D eigenvalue weighted by Gasteiger charge is 2.22. The Morgan fingerprint density at radius 3 is 2.83 bits per heavy atom. The maximum Gasteiger partial charge on any atom is 0.324 e. The molecule has 2 aromatic rings. The Labute approximate surface area is 138 Å². The Morgan fingerprint density at radius 1 is 1.30 bits per heavy atom. The molecule has 0 saturated carbocycles. The molecule has 0 fully saturated rings. The molecule has 6 nitrogen and oxygen atoms in total. The first kappa shape index (κ1) is 15.5. The summed E-state index contributed by atoms with van der Waals surface area (Å²) in [6, 6.07) is 5.05. The van der Waals surface area contributed by atoms with Crippen molar-refractivity contribution in [1.82, 2.24) is 4.98 Å². The summed E-state index contributed by atoms with van der Waals surface area (Å²) < 4.78 is 0. The van der Waals surface area contributed by atoms with Crippen LogP contribution in [0.4, 0.5) is 21.2 Å². The molecule has 1 aromatic heterocycles. The van der Waals surface area contributed by atoms with Gasteiger partial charge in [0.1, 0.15) is 5.00 Å². The summed E-state index contributed by atoms with van der Waals surface area (Å²) in [5.41, 5.74) is 4.80. The molecule has 0 atom stereocenters. The number of hydrogen-bond donors (Lipinski definition) is 3. The van der Waals surface area contributed by atoms with Crippen LogP contribution in [0.2, 0.25) is 0 Å². The third-order valence-corrected chi connectivity index (χ3v) is 4.24. The number of carbonyl (C=O) groups excluding carboxylic acids is 2. The van der Waals surface area contributed by atoms with Crippen molar-refractivity contribution in [1.29, 1.82) is 0 Å². The summed E-state index contributed by atoms with van der Waals surface area (Å²) in [5, 5.41) is 9.15. The highest BCUT2D eigenvalue weighted by molar-refractivity contribution is 7.14. The van der Waals surface area contributed by atoms with Crippen LogP contribution >= 0.6 is 11.3 Å². The predicted molar refractivity (Wildman–Crippen MR) is 92.2 cm³/mol. The van der Waals surface area contributed by atoms with E-state index < -0.39 is 0 Å². The van der Waals surface area contributed by atoms with Crippen molar-refractivity contribution in [3.05, 3.63) is 35.0 Å². The van der Waals surface area contributed by atoms with Crippen LogP contribution in [-0.2, 0) is 16.6 Å². The van der Waals surface area contributed by atoms with E-state index in [0.29, 0.717) is 12.1 Å². The second-order valence-electron chi connectivity index (χ2n) is 6.46. The van der Waals surface area contributed by atoms with Gasteiger partial charge in [-0.1, -0.05) is 20.8 Å². The number of hydrogen-bond acceptors (Lipinski definition) is 4. The van der Waals surface area contributed by atoms with Crippen molar-refractivity contribution < 1.29 is 9.59 Å².